The Labute approximate surface area is 64.4 Å². The third-order valence-corrected chi connectivity index (χ3v) is 3.16. The van der Waals surface area contributed by atoms with Crippen LogP contribution in [0, 0.1) is 6.92 Å². The van der Waals surface area contributed by atoms with Crippen LogP contribution in [0.4, 0.5) is 0 Å². The third kappa shape index (κ3) is 0.655. The second-order valence-corrected chi connectivity index (χ2v) is 3.51. The molecule has 2 heteroatoms. The van der Waals surface area contributed by atoms with Crippen molar-refractivity contribution >= 4 is 17.0 Å². The van der Waals surface area contributed by atoms with Crippen molar-refractivity contribution in [1.82, 2.24) is 0 Å². The van der Waals surface area contributed by atoms with Gasteiger partial charge >= 0.3 is 0 Å². The highest BCUT2D eigenvalue weighted by molar-refractivity contribution is 7.12. The van der Waals surface area contributed by atoms with Crippen LogP contribution in [0.1, 0.15) is 22.9 Å². The van der Waals surface area contributed by atoms with Gasteiger partial charge in [-0.15, -0.1) is 11.3 Å². The summed E-state index contributed by atoms with van der Waals surface area (Å²) >= 11 is 1.82. The molecule has 0 atom stereocenters. The number of aryl methyl sites for hydroxylation is 1. The molecule has 0 fully saturated rings. The van der Waals surface area contributed by atoms with Gasteiger partial charge in [-0.3, -0.25) is 4.99 Å². The molecule has 52 valence electrons. The van der Waals surface area contributed by atoms with Gasteiger partial charge < -0.3 is 0 Å². The van der Waals surface area contributed by atoms with Crippen LogP contribution in [0.3, 0.4) is 0 Å². The molecule has 0 aliphatic carbocycles. The third-order valence-electron chi connectivity index (χ3n) is 1.91. The molecule has 0 unspecified atom stereocenters. The van der Waals surface area contributed by atoms with Crippen molar-refractivity contribution in [2.75, 3.05) is 0 Å². The minimum Gasteiger partial charge on any atom is -0.284 e. The molecule has 0 radical (unpaired) electrons. The van der Waals surface area contributed by atoms with Crippen LogP contribution in [0.25, 0.3) is 0 Å². The van der Waals surface area contributed by atoms with Crippen LogP contribution < -0.4 is 0 Å². The van der Waals surface area contributed by atoms with Crippen LogP contribution >= 0.6 is 11.3 Å². The molecule has 1 nitrogen and oxygen atoms in total. The quantitative estimate of drug-likeness (QED) is 0.540. The van der Waals surface area contributed by atoms with Gasteiger partial charge in [-0.25, -0.2) is 0 Å². The zero-order valence-electron chi connectivity index (χ0n) is 6.14. The average molecular weight is 151 g/mol. The average Bonchev–Trinajstić information content (AvgIpc) is 2.41. The van der Waals surface area contributed by atoms with E-state index in [0.717, 1.165) is 6.54 Å². The lowest BCUT2D eigenvalue weighted by Crippen LogP contribution is -1.84. The van der Waals surface area contributed by atoms with Crippen molar-refractivity contribution in [2.45, 2.75) is 20.4 Å². The molecule has 0 amide bonds. The van der Waals surface area contributed by atoms with Crippen molar-refractivity contribution < 1.29 is 0 Å². The summed E-state index contributed by atoms with van der Waals surface area (Å²) in [4.78, 5) is 5.75. The van der Waals surface area contributed by atoms with Gasteiger partial charge in [0, 0.05) is 5.71 Å². The van der Waals surface area contributed by atoms with Crippen LogP contribution in [0.5, 0.6) is 0 Å². The van der Waals surface area contributed by atoms with E-state index in [0.29, 0.717) is 0 Å². The molecular weight excluding hydrogens is 142 g/mol. The number of thiophene rings is 1. The van der Waals surface area contributed by atoms with E-state index in [1.54, 1.807) is 0 Å². The number of nitrogens with zero attached hydrogens (tertiary/aromatic N) is 1. The van der Waals surface area contributed by atoms with Crippen molar-refractivity contribution in [3.63, 3.8) is 0 Å². The van der Waals surface area contributed by atoms with Gasteiger partial charge in [-0.2, -0.15) is 0 Å². The molecular formula is C8H9NS. The maximum absolute atomic E-state index is 4.35. The van der Waals surface area contributed by atoms with Crippen molar-refractivity contribution in [1.29, 1.82) is 0 Å². The Morgan fingerprint density at radius 3 is 3.00 bits per heavy atom. The Hall–Kier alpha value is -0.630. The first kappa shape index (κ1) is 6.10. The number of hydrogen-bond donors (Lipinski definition) is 0. The molecule has 1 aromatic heterocycles. The lowest BCUT2D eigenvalue weighted by molar-refractivity contribution is 1.09. The molecule has 0 saturated heterocycles. The second-order valence-electron chi connectivity index (χ2n) is 2.63. The Balaban J connectivity index is 2.62. The maximum Gasteiger partial charge on any atom is 0.0660 e. The molecule has 0 spiro atoms. The topological polar surface area (TPSA) is 12.4 Å². The van der Waals surface area contributed by atoms with Crippen LogP contribution in [0.15, 0.2) is 10.4 Å². The van der Waals surface area contributed by atoms with E-state index in [1.807, 2.05) is 11.3 Å². The Morgan fingerprint density at radius 2 is 2.30 bits per heavy atom. The second kappa shape index (κ2) is 1.92. The minimum atomic E-state index is 0.913. The van der Waals surface area contributed by atoms with E-state index < -0.39 is 0 Å². The van der Waals surface area contributed by atoms with Gasteiger partial charge in [-0.1, -0.05) is 0 Å². The molecule has 2 heterocycles. The van der Waals surface area contributed by atoms with Gasteiger partial charge in [0.2, 0.25) is 0 Å². The number of aliphatic imine (C=N–C) groups is 1. The van der Waals surface area contributed by atoms with Crippen LogP contribution in [-0.2, 0) is 6.54 Å². The van der Waals surface area contributed by atoms with E-state index in [9.17, 15) is 0 Å². The monoisotopic (exact) mass is 151 g/mol. The first-order valence-electron chi connectivity index (χ1n) is 3.37. The van der Waals surface area contributed by atoms with Gasteiger partial charge in [0.25, 0.3) is 0 Å². The number of rotatable bonds is 0. The molecule has 0 bridgehead atoms. The molecule has 0 saturated carbocycles. The molecule has 1 aromatic rings. The van der Waals surface area contributed by atoms with Gasteiger partial charge in [0.1, 0.15) is 0 Å². The lowest BCUT2D eigenvalue weighted by Gasteiger charge is -1.87. The standard InChI is InChI=1S/C8H9NS/c1-5-4-10-8-6(2)9-3-7(5)8/h4H,3H2,1-2H3. The number of fused-ring (bicyclic) bond motifs is 1. The van der Waals surface area contributed by atoms with Gasteiger partial charge in [0.05, 0.1) is 11.4 Å². The van der Waals surface area contributed by atoms with E-state index in [2.05, 4.69) is 24.2 Å². The SMILES string of the molecule is CC1=NCc2c(C)csc21. The first-order valence-corrected chi connectivity index (χ1v) is 4.25. The summed E-state index contributed by atoms with van der Waals surface area (Å²) in [6.45, 7) is 5.15. The summed E-state index contributed by atoms with van der Waals surface area (Å²) in [6, 6.07) is 0. The molecule has 10 heavy (non-hydrogen) atoms. The number of hydrogen-bond acceptors (Lipinski definition) is 2. The van der Waals surface area contributed by atoms with Crippen LogP contribution in [0.2, 0.25) is 0 Å². The Kier molecular flexibility index (Phi) is 1.17. The zero-order valence-corrected chi connectivity index (χ0v) is 6.96. The molecule has 0 N–H and O–H groups in total. The smallest absolute Gasteiger partial charge is 0.0660 e. The summed E-state index contributed by atoms with van der Waals surface area (Å²) in [6.07, 6.45) is 0. The van der Waals surface area contributed by atoms with Gasteiger partial charge in [0.15, 0.2) is 0 Å². The predicted octanol–water partition coefficient (Wildman–Crippen LogP) is 2.38. The molecule has 1 aliphatic rings. The van der Waals surface area contributed by atoms with Crippen molar-refractivity contribution in [3.05, 3.63) is 21.4 Å². The minimum absolute atomic E-state index is 0.913. The zero-order chi connectivity index (χ0) is 7.14. The predicted molar refractivity (Wildman–Crippen MR) is 45.0 cm³/mol. The van der Waals surface area contributed by atoms with E-state index in [4.69, 9.17) is 0 Å². The van der Waals surface area contributed by atoms with E-state index in [-0.39, 0.29) is 0 Å². The highest BCUT2D eigenvalue weighted by atomic mass is 32.1. The molecule has 1 aliphatic heterocycles. The summed E-state index contributed by atoms with van der Waals surface area (Å²) in [5.74, 6) is 0. The summed E-state index contributed by atoms with van der Waals surface area (Å²) in [5.41, 5.74) is 4.07. The van der Waals surface area contributed by atoms with Crippen LogP contribution in [-0.4, -0.2) is 5.71 Å². The Bertz CT molecular complexity index is 296. The first-order chi connectivity index (χ1) is 4.79. The summed E-state index contributed by atoms with van der Waals surface area (Å²) in [5, 5.41) is 2.21. The maximum atomic E-state index is 4.35. The highest BCUT2D eigenvalue weighted by Gasteiger charge is 2.15. The van der Waals surface area contributed by atoms with Crippen molar-refractivity contribution in [3.8, 4) is 0 Å². The molecule has 0 aromatic carbocycles. The fourth-order valence-electron chi connectivity index (χ4n) is 1.24. The largest absolute Gasteiger partial charge is 0.284 e. The highest BCUT2D eigenvalue weighted by Crippen LogP contribution is 2.27. The fraction of sp³-hybridized carbons (Fsp3) is 0.375. The van der Waals surface area contributed by atoms with E-state index >= 15 is 0 Å². The summed E-state index contributed by atoms with van der Waals surface area (Å²) < 4.78 is 0. The fourth-order valence-corrected chi connectivity index (χ4v) is 2.28. The van der Waals surface area contributed by atoms with E-state index in [1.165, 1.54) is 21.7 Å². The normalized spacial score (nSPS) is 15.2. The molecule has 2 rings (SSSR count). The summed E-state index contributed by atoms with van der Waals surface area (Å²) in [7, 11) is 0. The van der Waals surface area contributed by atoms with Gasteiger partial charge in [-0.05, 0) is 30.4 Å². The van der Waals surface area contributed by atoms with Crippen molar-refractivity contribution in [2.24, 2.45) is 4.99 Å². The Morgan fingerprint density at radius 1 is 1.50 bits per heavy atom. The lowest BCUT2D eigenvalue weighted by atomic mass is 10.2.